The quantitative estimate of drug-likeness (QED) is 0.442. The lowest BCUT2D eigenvalue weighted by atomic mass is 10.0. The molecular formula is C23H23BrFNO2. The van der Waals surface area contributed by atoms with Gasteiger partial charge in [-0.1, -0.05) is 36.4 Å². The highest BCUT2D eigenvalue weighted by molar-refractivity contribution is 9.10. The van der Waals surface area contributed by atoms with Crippen LogP contribution in [-0.4, -0.2) is 18.7 Å². The highest BCUT2D eigenvalue weighted by atomic mass is 79.9. The van der Waals surface area contributed by atoms with Gasteiger partial charge >= 0.3 is 0 Å². The molecule has 0 unspecified atom stereocenters. The van der Waals surface area contributed by atoms with Crippen molar-refractivity contribution in [1.82, 2.24) is 4.98 Å². The maximum Gasteiger partial charge on any atom is 0.179 e. The molecule has 0 N–H and O–H groups in total. The van der Waals surface area contributed by atoms with Gasteiger partial charge in [0, 0.05) is 30.4 Å². The average molecular weight is 444 g/mol. The molecule has 5 heteroatoms. The summed E-state index contributed by atoms with van der Waals surface area (Å²) in [6, 6.07) is 15.8. The Labute approximate surface area is 173 Å². The first-order chi connectivity index (χ1) is 13.5. The van der Waals surface area contributed by atoms with Crippen LogP contribution in [0.3, 0.4) is 0 Å². The number of ether oxygens (including phenoxy) is 2. The summed E-state index contributed by atoms with van der Waals surface area (Å²) in [4.78, 5) is 4.87. The molecule has 146 valence electrons. The van der Waals surface area contributed by atoms with Gasteiger partial charge in [0.1, 0.15) is 0 Å². The zero-order valence-corrected chi connectivity index (χ0v) is 17.8. The van der Waals surface area contributed by atoms with E-state index in [9.17, 15) is 4.39 Å². The van der Waals surface area contributed by atoms with Crippen LogP contribution in [-0.2, 0) is 17.8 Å². The van der Waals surface area contributed by atoms with E-state index in [1.165, 1.54) is 0 Å². The molecule has 0 amide bonds. The van der Waals surface area contributed by atoms with Gasteiger partial charge in [-0.2, -0.15) is 0 Å². The molecule has 3 nitrogen and oxygen atoms in total. The van der Waals surface area contributed by atoms with Gasteiger partial charge in [0.15, 0.2) is 11.6 Å². The van der Waals surface area contributed by atoms with Crippen molar-refractivity contribution in [3.8, 4) is 17.0 Å². The van der Waals surface area contributed by atoms with Crippen LogP contribution in [0.2, 0.25) is 0 Å². The second-order valence-electron chi connectivity index (χ2n) is 6.52. The van der Waals surface area contributed by atoms with Crippen LogP contribution in [0.4, 0.5) is 4.39 Å². The summed E-state index contributed by atoms with van der Waals surface area (Å²) < 4.78 is 25.8. The molecule has 0 atom stereocenters. The van der Waals surface area contributed by atoms with Gasteiger partial charge in [-0.25, -0.2) is 4.39 Å². The zero-order valence-electron chi connectivity index (χ0n) is 16.3. The van der Waals surface area contributed by atoms with Crippen molar-refractivity contribution in [2.24, 2.45) is 0 Å². The summed E-state index contributed by atoms with van der Waals surface area (Å²) in [6.45, 7) is 4.70. The number of halogens is 2. The summed E-state index contributed by atoms with van der Waals surface area (Å²) in [7, 11) is 1.67. The maximum atomic E-state index is 14.6. The molecule has 0 aliphatic rings. The maximum absolute atomic E-state index is 14.6. The Bertz CT molecular complexity index is 961. The fourth-order valence-electron chi connectivity index (χ4n) is 3.16. The lowest BCUT2D eigenvalue weighted by Gasteiger charge is -2.15. The van der Waals surface area contributed by atoms with Crippen molar-refractivity contribution in [2.45, 2.75) is 26.9 Å². The molecule has 0 aliphatic heterocycles. The SMILES string of the molecule is CCOc1cc(C)c(Cc2ccc(COC)c(-c3ccccc3)n2)c(Br)c1F. The number of hydrogen-bond donors (Lipinski definition) is 0. The molecule has 0 fully saturated rings. The lowest BCUT2D eigenvalue weighted by Crippen LogP contribution is -2.04. The van der Waals surface area contributed by atoms with Gasteiger partial charge < -0.3 is 9.47 Å². The van der Waals surface area contributed by atoms with Gasteiger partial charge in [0.25, 0.3) is 0 Å². The number of nitrogens with zero attached hydrogens (tertiary/aromatic N) is 1. The fourth-order valence-corrected chi connectivity index (χ4v) is 3.81. The number of benzene rings is 2. The van der Waals surface area contributed by atoms with Crippen LogP contribution in [0.15, 0.2) is 53.0 Å². The van der Waals surface area contributed by atoms with E-state index in [4.69, 9.17) is 14.5 Å². The Hall–Kier alpha value is -2.24. The Morgan fingerprint density at radius 2 is 1.86 bits per heavy atom. The van der Waals surface area contributed by atoms with Crippen molar-refractivity contribution in [2.75, 3.05) is 13.7 Å². The van der Waals surface area contributed by atoms with E-state index in [-0.39, 0.29) is 11.6 Å². The van der Waals surface area contributed by atoms with Crippen molar-refractivity contribution < 1.29 is 13.9 Å². The monoisotopic (exact) mass is 443 g/mol. The molecule has 0 saturated heterocycles. The zero-order chi connectivity index (χ0) is 20.1. The van der Waals surface area contributed by atoms with E-state index in [1.807, 2.05) is 56.3 Å². The Morgan fingerprint density at radius 1 is 1.11 bits per heavy atom. The second kappa shape index (κ2) is 9.30. The van der Waals surface area contributed by atoms with Crippen molar-refractivity contribution in [3.63, 3.8) is 0 Å². The van der Waals surface area contributed by atoms with Gasteiger partial charge in [-0.3, -0.25) is 4.98 Å². The smallest absolute Gasteiger partial charge is 0.179 e. The highest BCUT2D eigenvalue weighted by Gasteiger charge is 2.17. The second-order valence-corrected chi connectivity index (χ2v) is 7.31. The van der Waals surface area contributed by atoms with Gasteiger partial charge in [-0.15, -0.1) is 0 Å². The van der Waals surface area contributed by atoms with E-state index >= 15 is 0 Å². The molecular weight excluding hydrogens is 421 g/mol. The molecule has 0 spiro atoms. The van der Waals surface area contributed by atoms with Gasteiger partial charge in [0.05, 0.1) is 23.4 Å². The molecule has 2 aromatic carbocycles. The topological polar surface area (TPSA) is 31.4 Å². The molecule has 0 radical (unpaired) electrons. The Morgan fingerprint density at radius 3 is 2.54 bits per heavy atom. The highest BCUT2D eigenvalue weighted by Crippen LogP contribution is 2.33. The number of rotatable bonds is 7. The minimum Gasteiger partial charge on any atom is -0.491 e. The van der Waals surface area contributed by atoms with E-state index in [1.54, 1.807) is 13.2 Å². The number of methoxy groups -OCH3 is 1. The van der Waals surface area contributed by atoms with Crippen LogP contribution in [0.5, 0.6) is 5.75 Å². The van der Waals surface area contributed by atoms with Crippen molar-refractivity contribution in [1.29, 1.82) is 0 Å². The summed E-state index contributed by atoms with van der Waals surface area (Å²) in [5, 5.41) is 0. The van der Waals surface area contributed by atoms with Crippen LogP contribution in [0.1, 0.15) is 29.3 Å². The van der Waals surface area contributed by atoms with Crippen LogP contribution < -0.4 is 4.74 Å². The normalized spacial score (nSPS) is 10.9. The molecule has 3 aromatic rings. The molecule has 0 aliphatic carbocycles. The van der Waals surface area contributed by atoms with E-state index in [2.05, 4.69) is 15.9 Å². The molecule has 1 heterocycles. The molecule has 3 rings (SSSR count). The summed E-state index contributed by atoms with van der Waals surface area (Å²) in [5.41, 5.74) is 5.63. The van der Waals surface area contributed by atoms with E-state index < -0.39 is 0 Å². The first-order valence-electron chi connectivity index (χ1n) is 9.18. The lowest BCUT2D eigenvalue weighted by molar-refractivity contribution is 0.185. The summed E-state index contributed by atoms with van der Waals surface area (Å²) in [6.07, 6.45) is 0.517. The first-order valence-corrected chi connectivity index (χ1v) is 9.97. The predicted octanol–water partition coefficient (Wildman–Crippen LogP) is 6.09. The largest absolute Gasteiger partial charge is 0.491 e. The fraction of sp³-hybridized carbons (Fsp3) is 0.261. The van der Waals surface area contributed by atoms with Gasteiger partial charge in [0.2, 0.25) is 0 Å². The van der Waals surface area contributed by atoms with Crippen LogP contribution in [0.25, 0.3) is 11.3 Å². The van der Waals surface area contributed by atoms with Crippen molar-refractivity contribution in [3.05, 3.63) is 81.2 Å². The average Bonchev–Trinajstić information content (AvgIpc) is 2.71. The summed E-state index contributed by atoms with van der Waals surface area (Å²) in [5.74, 6) is -0.106. The predicted molar refractivity (Wildman–Crippen MR) is 113 cm³/mol. The van der Waals surface area contributed by atoms with Gasteiger partial charge in [-0.05, 0) is 53.0 Å². The number of pyridine rings is 1. The van der Waals surface area contributed by atoms with Crippen LogP contribution >= 0.6 is 15.9 Å². The first kappa shape index (κ1) is 20.5. The third-order valence-electron chi connectivity index (χ3n) is 4.54. The minimum atomic E-state index is -0.373. The van der Waals surface area contributed by atoms with E-state index in [0.29, 0.717) is 24.1 Å². The third-order valence-corrected chi connectivity index (χ3v) is 5.37. The molecule has 1 aromatic heterocycles. The molecule has 28 heavy (non-hydrogen) atoms. The number of hydrogen-bond acceptors (Lipinski definition) is 3. The standard InChI is InChI=1S/C23H23BrFNO2/c1-4-28-20-12-15(2)19(21(24)22(20)25)13-18-11-10-17(14-27-3)23(26-18)16-8-6-5-7-9-16/h5-12H,4,13-14H2,1-3H3. The Balaban J connectivity index is 2.01. The third kappa shape index (κ3) is 4.42. The number of aryl methyl sites for hydroxylation is 1. The summed E-state index contributed by atoms with van der Waals surface area (Å²) >= 11 is 3.41. The van der Waals surface area contributed by atoms with E-state index in [0.717, 1.165) is 33.6 Å². The molecule has 0 saturated carbocycles. The van der Waals surface area contributed by atoms with Crippen molar-refractivity contribution >= 4 is 15.9 Å². The Kier molecular flexibility index (Phi) is 6.81. The minimum absolute atomic E-state index is 0.268. The molecule has 0 bridgehead atoms. The number of aromatic nitrogens is 1. The van der Waals surface area contributed by atoms with Crippen LogP contribution in [0, 0.1) is 12.7 Å².